The van der Waals surface area contributed by atoms with Gasteiger partial charge in [-0.3, -0.25) is 9.59 Å². The minimum absolute atomic E-state index is 0.0442. The summed E-state index contributed by atoms with van der Waals surface area (Å²) in [5.74, 6) is 1.65. The third-order valence-electron chi connectivity index (χ3n) is 13.9. The average Bonchev–Trinajstić information content (AvgIpc) is 3.35. The van der Waals surface area contributed by atoms with Gasteiger partial charge in [0.05, 0.1) is 0 Å². The monoisotopic (exact) mass is 668 g/mol. The lowest BCUT2D eigenvalue weighted by Gasteiger charge is -2.58. The summed E-state index contributed by atoms with van der Waals surface area (Å²) in [5, 5.41) is 12.1. The van der Waals surface area contributed by atoms with E-state index >= 15 is 0 Å². The molecule has 3 saturated carbocycles. The normalized spacial score (nSPS) is 33.2. The highest BCUT2D eigenvalue weighted by Crippen LogP contribution is 2.66. The van der Waals surface area contributed by atoms with Crippen molar-refractivity contribution in [2.24, 2.45) is 46.3 Å². The fourth-order valence-electron chi connectivity index (χ4n) is 11.2. The Morgan fingerprint density at radius 1 is 0.938 bits per heavy atom. The van der Waals surface area contributed by atoms with Crippen molar-refractivity contribution in [1.29, 1.82) is 0 Å². The Bertz CT molecular complexity index is 1450. The summed E-state index contributed by atoms with van der Waals surface area (Å²) in [6, 6.07) is 22.1. The molecule has 48 heavy (non-hydrogen) atoms. The number of carbonyl (C=O) groups is 2. The van der Waals surface area contributed by atoms with Crippen molar-refractivity contribution in [3.05, 3.63) is 72.3 Å². The van der Waals surface area contributed by atoms with Crippen molar-refractivity contribution < 1.29 is 19.1 Å². The molecule has 2 aromatic rings. The molecular formula is C43H60O4Si. The molecular weight excluding hydrogens is 609 g/mol. The van der Waals surface area contributed by atoms with Gasteiger partial charge in [-0.2, -0.15) is 0 Å². The first-order valence-electron chi connectivity index (χ1n) is 18.9. The summed E-state index contributed by atoms with van der Waals surface area (Å²) in [5.41, 5.74) is 1.61. The zero-order valence-corrected chi connectivity index (χ0v) is 31.6. The summed E-state index contributed by atoms with van der Waals surface area (Å²) in [4.78, 5) is 27.1. The number of carbonyl (C=O) groups excluding carboxylic acids is 2. The molecule has 9 atom stereocenters. The van der Waals surface area contributed by atoms with Crippen molar-refractivity contribution in [2.75, 3.05) is 6.61 Å². The van der Waals surface area contributed by atoms with Crippen LogP contribution in [0.2, 0.25) is 5.04 Å². The van der Waals surface area contributed by atoms with Crippen LogP contribution in [0, 0.1) is 46.3 Å². The molecule has 2 aromatic carbocycles. The van der Waals surface area contributed by atoms with Crippen molar-refractivity contribution >= 4 is 30.3 Å². The number of benzene rings is 2. The molecule has 5 heteroatoms. The van der Waals surface area contributed by atoms with Crippen molar-refractivity contribution in [1.82, 2.24) is 0 Å². The van der Waals surface area contributed by atoms with E-state index < -0.39 is 8.32 Å². The first-order chi connectivity index (χ1) is 22.8. The average molecular weight is 669 g/mol. The fraction of sp³-hybridized carbons (Fsp3) is 0.628. The second-order valence-corrected chi connectivity index (χ2v) is 21.9. The fourth-order valence-corrected chi connectivity index (χ4v) is 16.0. The Hall–Kier alpha value is -2.34. The van der Waals surface area contributed by atoms with E-state index in [0.29, 0.717) is 42.8 Å². The van der Waals surface area contributed by atoms with Crippen molar-refractivity contribution in [2.45, 2.75) is 117 Å². The lowest BCUT2D eigenvalue weighted by atomic mass is 9.47. The van der Waals surface area contributed by atoms with Gasteiger partial charge < -0.3 is 9.53 Å². The van der Waals surface area contributed by atoms with Gasteiger partial charge >= 0.3 is 0 Å². The number of hydrogen-bond acceptors (Lipinski definition) is 4. The maximum Gasteiger partial charge on any atom is 0.261 e. The predicted octanol–water partition coefficient (Wildman–Crippen LogP) is 8.30. The summed E-state index contributed by atoms with van der Waals surface area (Å²) >= 11 is 0. The minimum atomic E-state index is -2.63. The zero-order chi connectivity index (χ0) is 34.5. The molecule has 3 fully saturated rings. The van der Waals surface area contributed by atoms with Crippen molar-refractivity contribution in [3.63, 3.8) is 0 Å². The smallest absolute Gasteiger partial charge is 0.261 e. The number of Topliss-reactive ketones (excluding diaryl/α,β-unsaturated/α-hetero) is 2. The molecule has 4 aliphatic carbocycles. The Morgan fingerprint density at radius 2 is 1.56 bits per heavy atom. The standard InChI is InChI=1S/C43H60O4Si/c1-29(28-44)18-21-38(45)30(2)40-39(46)27-37-35-20-19-31-26-32(22-24-42(31,6)36(35)23-25-43(37,40)7)47-48(41(3,4)5,33-14-10-8-11-15-33)34-16-12-9-13-17-34/h8-17,19,29-30,32,35-37,40,44H,18,20-28H2,1-7H3/t29?,30-,32+,35-,36+,37+,40+,42+,43+/m1/s1. The molecule has 1 unspecified atom stereocenters. The number of fused-ring (bicyclic) bond motifs is 5. The highest BCUT2D eigenvalue weighted by atomic mass is 28.4. The molecule has 1 N–H and O–H groups in total. The first kappa shape index (κ1) is 35.5. The van der Waals surface area contributed by atoms with Crippen LogP contribution in [0.25, 0.3) is 0 Å². The van der Waals surface area contributed by atoms with E-state index in [9.17, 15) is 14.7 Å². The van der Waals surface area contributed by atoms with Gasteiger partial charge in [-0.15, -0.1) is 0 Å². The van der Waals surface area contributed by atoms with Crippen LogP contribution in [0.5, 0.6) is 0 Å². The molecule has 4 aliphatic rings. The number of hydrogen-bond donors (Lipinski definition) is 1. The van der Waals surface area contributed by atoms with Gasteiger partial charge in [0, 0.05) is 37.4 Å². The van der Waals surface area contributed by atoms with Crippen LogP contribution in [-0.2, 0) is 14.0 Å². The largest absolute Gasteiger partial charge is 0.404 e. The van der Waals surface area contributed by atoms with Crippen molar-refractivity contribution in [3.8, 4) is 0 Å². The van der Waals surface area contributed by atoms with Gasteiger partial charge in [0.15, 0.2) is 0 Å². The first-order valence-corrected chi connectivity index (χ1v) is 20.8. The summed E-state index contributed by atoms with van der Waals surface area (Å²) in [6.07, 6.45) is 10.9. The number of ketones is 2. The molecule has 260 valence electrons. The SMILES string of the molecule is CC(CO)CCC(=O)[C@@H](C)[C@H]1C(=O)C[C@H]2[C@@H]3CC=C4C[C@@H](O[Si](c5ccccc5)(c5ccccc5)C(C)(C)C)CC[C@]4(C)[C@H]3CC[C@]12C. The van der Waals surface area contributed by atoms with Crippen LogP contribution < -0.4 is 10.4 Å². The number of allylic oxidation sites excluding steroid dienone is 1. The molecule has 6 rings (SSSR count). The molecule has 0 spiro atoms. The van der Waals surface area contributed by atoms with Crippen LogP contribution in [0.15, 0.2) is 72.3 Å². The maximum absolute atomic E-state index is 13.8. The molecule has 4 nitrogen and oxygen atoms in total. The second-order valence-electron chi connectivity index (χ2n) is 17.7. The molecule has 0 aliphatic heterocycles. The number of aliphatic hydroxyl groups is 1. The van der Waals surface area contributed by atoms with E-state index in [1.807, 2.05) is 13.8 Å². The number of aliphatic hydroxyl groups excluding tert-OH is 1. The molecule has 0 saturated heterocycles. The Labute approximate surface area is 291 Å². The van der Waals surface area contributed by atoms with E-state index in [0.717, 1.165) is 38.5 Å². The highest BCUT2D eigenvalue weighted by molar-refractivity contribution is 6.99. The van der Waals surface area contributed by atoms with Gasteiger partial charge in [-0.1, -0.05) is 121 Å². The minimum Gasteiger partial charge on any atom is -0.404 e. The van der Waals surface area contributed by atoms with E-state index in [-0.39, 0.29) is 52.1 Å². The molecule has 0 radical (unpaired) electrons. The lowest BCUT2D eigenvalue weighted by Crippen LogP contribution is -2.68. The second kappa shape index (κ2) is 13.4. The Kier molecular flexibility index (Phi) is 9.92. The van der Waals surface area contributed by atoms with Crippen LogP contribution >= 0.6 is 0 Å². The van der Waals surface area contributed by atoms with Crippen LogP contribution in [0.3, 0.4) is 0 Å². The molecule has 0 aromatic heterocycles. The number of rotatable bonds is 10. The van der Waals surface area contributed by atoms with Gasteiger partial charge in [-0.25, -0.2) is 0 Å². The molecule has 0 amide bonds. The van der Waals surface area contributed by atoms with Gasteiger partial charge in [0.25, 0.3) is 8.32 Å². The quantitative estimate of drug-likeness (QED) is 0.204. The van der Waals surface area contributed by atoms with Gasteiger partial charge in [0.1, 0.15) is 11.6 Å². The highest BCUT2D eigenvalue weighted by Gasteiger charge is 2.63. The Morgan fingerprint density at radius 3 is 2.15 bits per heavy atom. The molecule has 0 bridgehead atoms. The summed E-state index contributed by atoms with van der Waals surface area (Å²) in [7, 11) is -2.63. The Balaban J connectivity index is 1.24. The zero-order valence-electron chi connectivity index (χ0n) is 30.6. The van der Waals surface area contributed by atoms with Gasteiger partial charge in [0.2, 0.25) is 0 Å². The van der Waals surface area contributed by atoms with Crippen LogP contribution in [0.1, 0.15) is 106 Å². The van der Waals surface area contributed by atoms with Crippen LogP contribution in [0.4, 0.5) is 0 Å². The lowest BCUT2D eigenvalue weighted by molar-refractivity contribution is -0.134. The van der Waals surface area contributed by atoms with Gasteiger partial charge in [-0.05, 0) is 94.9 Å². The third kappa shape index (κ3) is 5.94. The van der Waals surface area contributed by atoms with E-state index in [1.165, 1.54) is 10.4 Å². The summed E-state index contributed by atoms with van der Waals surface area (Å²) < 4.78 is 7.66. The predicted molar refractivity (Wildman–Crippen MR) is 198 cm³/mol. The van der Waals surface area contributed by atoms with Crippen LogP contribution in [-0.4, -0.2) is 37.7 Å². The summed E-state index contributed by atoms with van der Waals surface area (Å²) in [6.45, 7) is 16.1. The molecule has 0 heterocycles. The van der Waals surface area contributed by atoms with E-state index in [4.69, 9.17) is 4.43 Å². The topological polar surface area (TPSA) is 63.6 Å². The maximum atomic E-state index is 13.8. The van der Waals surface area contributed by atoms with E-state index in [2.05, 4.69) is 101 Å². The third-order valence-corrected chi connectivity index (χ3v) is 19.0. The van der Waals surface area contributed by atoms with E-state index in [1.54, 1.807) is 5.57 Å².